The van der Waals surface area contributed by atoms with Crippen LogP contribution in [0.2, 0.25) is 0 Å². The second-order valence-electron chi connectivity index (χ2n) is 9.48. The highest BCUT2D eigenvalue weighted by atomic mass is 32.1. The summed E-state index contributed by atoms with van der Waals surface area (Å²) in [6, 6.07) is 20.7. The van der Waals surface area contributed by atoms with E-state index in [0.717, 1.165) is 33.5 Å². The number of nitrogens with one attached hydrogen (secondary N) is 2. The number of anilines is 1. The smallest absolute Gasteiger partial charge is 0.321 e. The van der Waals surface area contributed by atoms with Gasteiger partial charge in [0.2, 0.25) is 0 Å². The SMILES string of the molecule is O=C(Nc1nc(-c2ccccc2)c(-c2ccccc2)s1)NC1C2CC3CC(C2)CC1C3. The van der Waals surface area contributed by atoms with Crippen LogP contribution in [0.4, 0.5) is 9.93 Å². The Balaban J connectivity index is 1.23. The fraction of sp³-hybridized carbons (Fsp3) is 0.385. The molecule has 5 heteroatoms. The van der Waals surface area contributed by atoms with E-state index >= 15 is 0 Å². The van der Waals surface area contributed by atoms with Crippen LogP contribution in [0, 0.1) is 23.7 Å². The number of benzene rings is 2. The number of urea groups is 1. The van der Waals surface area contributed by atoms with Gasteiger partial charge in [-0.2, -0.15) is 0 Å². The lowest BCUT2D eigenvalue weighted by Gasteiger charge is -2.54. The largest absolute Gasteiger partial charge is 0.335 e. The molecule has 7 rings (SSSR count). The minimum Gasteiger partial charge on any atom is -0.335 e. The van der Waals surface area contributed by atoms with Crippen molar-refractivity contribution in [3.63, 3.8) is 0 Å². The van der Waals surface area contributed by atoms with Crippen molar-refractivity contribution in [2.75, 3.05) is 5.32 Å². The Bertz CT molecular complexity index is 994. The predicted octanol–water partition coefficient (Wildman–Crippen LogP) is 6.42. The molecule has 4 nitrogen and oxygen atoms in total. The summed E-state index contributed by atoms with van der Waals surface area (Å²) in [7, 11) is 0. The highest BCUT2D eigenvalue weighted by Crippen LogP contribution is 2.53. The first kappa shape index (κ1) is 19.1. The van der Waals surface area contributed by atoms with E-state index in [0.29, 0.717) is 23.0 Å². The molecular weight excluding hydrogens is 402 g/mol. The van der Waals surface area contributed by atoms with Crippen molar-refractivity contribution in [1.29, 1.82) is 0 Å². The number of hydrogen-bond donors (Lipinski definition) is 2. The number of aromatic nitrogens is 1. The molecule has 4 bridgehead atoms. The molecule has 4 fully saturated rings. The van der Waals surface area contributed by atoms with Crippen molar-refractivity contribution in [3.8, 4) is 21.7 Å². The van der Waals surface area contributed by atoms with Crippen LogP contribution < -0.4 is 10.6 Å². The average molecular weight is 430 g/mol. The molecule has 0 unspecified atom stereocenters. The second kappa shape index (κ2) is 7.79. The number of nitrogens with zero attached hydrogens (tertiary/aromatic N) is 1. The van der Waals surface area contributed by atoms with Crippen molar-refractivity contribution in [3.05, 3.63) is 60.7 Å². The summed E-state index contributed by atoms with van der Waals surface area (Å²) in [4.78, 5) is 18.9. The predicted molar refractivity (Wildman–Crippen MR) is 126 cm³/mol. The Morgan fingerprint density at radius 3 is 2.00 bits per heavy atom. The normalized spacial score (nSPS) is 28.5. The van der Waals surface area contributed by atoms with Crippen molar-refractivity contribution in [1.82, 2.24) is 10.3 Å². The van der Waals surface area contributed by atoms with Crippen LogP contribution in [-0.2, 0) is 0 Å². The van der Waals surface area contributed by atoms with Gasteiger partial charge < -0.3 is 5.32 Å². The summed E-state index contributed by atoms with van der Waals surface area (Å²) in [6.45, 7) is 0. The molecule has 0 saturated heterocycles. The Hall–Kier alpha value is -2.66. The highest BCUT2D eigenvalue weighted by Gasteiger charge is 2.48. The van der Waals surface area contributed by atoms with Crippen LogP contribution in [-0.4, -0.2) is 17.1 Å². The lowest BCUT2D eigenvalue weighted by atomic mass is 9.54. The summed E-state index contributed by atoms with van der Waals surface area (Å²) in [5, 5.41) is 7.05. The number of rotatable bonds is 4. The number of hydrogen-bond acceptors (Lipinski definition) is 3. The van der Waals surface area contributed by atoms with Crippen LogP contribution >= 0.6 is 11.3 Å². The van der Waals surface area contributed by atoms with Gasteiger partial charge >= 0.3 is 6.03 Å². The standard InChI is InChI=1S/C26H27N3OS/c30-25(27-22-20-12-16-11-17(14-20)15-21(22)13-16)29-26-28-23(18-7-3-1-4-8-18)24(31-26)19-9-5-2-6-10-19/h1-10,16-17,20-22H,11-15H2,(H2,27,28,29,30). The van der Waals surface area contributed by atoms with Gasteiger partial charge in [-0.05, 0) is 61.3 Å². The van der Waals surface area contributed by atoms with E-state index < -0.39 is 0 Å². The fourth-order valence-electron chi connectivity index (χ4n) is 6.40. The summed E-state index contributed by atoms with van der Waals surface area (Å²) in [6.07, 6.45) is 6.61. The molecule has 1 heterocycles. The maximum atomic E-state index is 12.9. The van der Waals surface area contributed by atoms with Gasteiger partial charge in [-0.3, -0.25) is 5.32 Å². The minimum atomic E-state index is -0.106. The molecule has 4 aliphatic carbocycles. The molecule has 31 heavy (non-hydrogen) atoms. The van der Waals surface area contributed by atoms with Crippen LogP contribution in [0.25, 0.3) is 21.7 Å². The lowest BCUT2D eigenvalue weighted by molar-refractivity contribution is -0.00883. The molecule has 0 atom stereocenters. The summed E-state index contributed by atoms with van der Waals surface area (Å²) in [5.74, 6) is 3.14. The van der Waals surface area contributed by atoms with Crippen molar-refractivity contribution >= 4 is 22.5 Å². The quantitative estimate of drug-likeness (QED) is 0.502. The van der Waals surface area contributed by atoms with E-state index in [9.17, 15) is 4.79 Å². The number of thiazole rings is 1. The van der Waals surface area contributed by atoms with Gasteiger partial charge in [-0.15, -0.1) is 0 Å². The Morgan fingerprint density at radius 1 is 0.806 bits per heavy atom. The van der Waals surface area contributed by atoms with E-state index in [1.54, 1.807) is 11.3 Å². The fourth-order valence-corrected chi connectivity index (χ4v) is 7.38. The van der Waals surface area contributed by atoms with E-state index in [-0.39, 0.29) is 6.03 Å². The Morgan fingerprint density at radius 2 is 1.39 bits per heavy atom. The molecule has 2 N–H and O–H groups in total. The first-order chi connectivity index (χ1) is 15.2. The zero-order valence-corrected chi connectivity index (χ0v) is 18.3. The Labute approximate surface area is 187 Å². The van der Waals surface area contributed by atoms with Gasteiger partial charge in [-0.1, -0.05) is 72.0 Å². The molecule has 4 aliphatic rings. The molecule has 3 aromatic rings. The molecule has 158 valence electrons. The Kier molecular flexibility index (Phi) is 4.79. The van der Waals surface area contributed by atoms with Gasteiger partial charge in [0.15, 0.2) is 5.13 Å². The number of carbonyl (C=O) groups is 1. The molecule has 0 aliphatic heterocycles. The summed E-state index contributed by atoms with van der Waals surface area (Å²) < 4.78 is 0. The molecule has 2 aromatic carbocycles. The zero-order chi connectivity index (χ0) is 20.8. The topological polar surface area (TPSA) is 54.0 Å². The van der Waals surface area contributed by atoms with Gasteiger partial charge in [0.1, 0.15) is 0 Å². The third-order valence-electron chi connectivity index (χ3n) is 7.46. The van der Waals surface area contributed by atoms with E-state index in [4.69, 9.17) is 4.98 Å². The van der Waals surface area contributed by atoms with E-state index in [1.165, 1.54) is 32.1 Å². The molecule has 0 spiro atoms. The number of carbonyl (C=O) groups excluding carboxylic acids is 1. The number of amides is 2. The van der Waals surface area contributed by atoms with E-state index in [1.807, 2.05) is 36.4 Å². The van der Waals surface area contributed by atoms with Gasteiger partial charge in [0, 0.05) is 11.6 Å². The third-order valence-corrected chi connectivity index (χ3v) is 8.48. The van der Waals surface area contributed by atoms with Crippen LogP contribution in [0.1, 0.15) is 32.1 Å². The molecular formula is C26H27N3OS. The van der Waals surface area contributed by atoms with E-state index in [2.05, 4.69) is 34.9 Å². The average Bonchev–Trinajstić information content (AvgIpc) is 3.21. The zero-order valence-electron chi connectivity index (χ0n) is 17.5. The second-order valence-corrected chi connectivity index (χ2v) is 10.5. The van der Waals surface area contributed by atoms with Gasteiger partial charge in [-0.25, -0.2) is 9.78 Å². The molecule has 2 amide bonds. The molecule has 4 saturated carbocycles. The van der Waals surface area contributed by atoms with Crippen molar-refractivity contribution in [2.45, 2.75) is 38.1 Å². The van der Waals surface area contributed by atoms with Crippen molar-refractivity contribution < 1.29 is 4.79 Å². The summed E-state index contributed by atoms with van der Waals surface area (Å²) >= 11 is 1.54. The lowest BCUT2D eigenvalue weighted by Crippen LogP contribution is -2.56. The maximum absolute atomic E-state index is 12.9. The maximum Gasteiger partial charge on any atom is 0.321 e. The van der Waals surface area contributed by atoms with Crippen LogP contribution in [0.3, 0.4) is 0 Å². The first-order valence-electron chi connectivity index (χ1n) is 11.4. The minimum absolute atomic E-state index is 0.106. The van der Waals surface area contributed by atoms with Gasteiger partial charge in [0.05, 0.1) is 10.6 Å². The molecule has 1 aromatic heterocycles. The van der Waals surface area contributed by atoms with Gasteiger partial charge in [0.25, 0.3) is 0 Å². The monoisotopic (exact) mass is 429 g/mol. The van der Waals surface area contributed by atoms with Crippen LogP contribution in [0.5, 0.6) is 0 Å². The highest BCUT2D eigenvalue weighted by molar-refractivity contribution is 7.19. The van der Waals surface area contributed by atoms with Crippen LogP contribution in [0.15, 0.2) is 60.7 Å². The third kappa shape index (κ3) is 3.65. The summed E-state index contributed by atoms with van der Waals surface area (Å²) in [5.41, 5.74) is 3.10. The molecule has 0 radical (unpaired) electrons. The first-order valence-corrected chi connectivity index (χ1v) is 12.2. The van der Waals surface area contributed by atoms with Crippen molar-refractivity contribution in [2.24, 2.45) is 23.7 Å².